The number of amides is 2. The van der Waals surface area contributed by atoms with E-state index in [4.69, 9.17) is 21.1 Å². The number of aryl methyl sites for hydroxylation is 1. The molecule has 3 saturated heterocycles. The van der Waals surface area contributed by atoms with Crippen molar-refractivity contribution in [1.29, 1.82) is 0 Å². The molecule has 4 aromatic carbocycles. The topological polar surface area (TPSA) is 251 Å². The van der Waals surface area contributed by atoms with Gasteiger partial charge in [0.25, 0.3) is 27.5 Å². The second-order valence-electron chi connectivity index (χ2n) is 25.1. The zero-order valence-electron chi connectivity index (χ0n) is 52.5. The van der Waals surface area contributed by atoms with Crippen LogP contribution < -0.4 is 29.9 Å². The summed E-state index contributed by atoms with van der Waals surface area (Å²) in [7, 11) is -0.537. The van der Waals surface area contributed by atoms with Crippen LogP contribution >= 0.6 is 11.6 Å². The molecule has 8 heterocycles. The Labute approximate surface area is 545 Å². The van der Waals surface area contributed by atoms with Crippen LogP contribution in [0, 0.1) is 21.4 Å². The van der Waals surface area contributed by atoms with Crippen LogP contribution in [0.25, 0.3) is 38.5 Å². The maximum absolute atomic E-state index is 13.9. The van der Waals surface area contributed by atoms with E-state index in [1.807, 2.05) is 55.8 Å². The van der Waals surface area contributed by atoms with Crippen molar-refractivity contribution in [2.75, 3.05) is 106 Å². The van der Waals surface area contributed by atoms with Crippen molar-refractivity contribution >= 4 is 89.5 Å². The van der Waals surface area contributed by atoms with Crippen LogP contribution in [0.4, 0.5) is 28.7 Å². The maximum atomic E-state index is 13.9. The molecule has 4 N–H and O–H groups in total. The van der Waals surface area contributed by atoms with Crippen molar-refractivity contribution in [2.45, 2.75) is 50.8 Å². The number of hydrogen-bond acceptors (Lipinski definition) is 17. The summed E-state index contributed by atoms with van der Waals surface area (Å²) in [5, 5.41) is 25.9. The fraction of sp³-hybridized carbons (Fsp3) is 0.333. The van der Waals surface area contributed by atoms with Gasteiger partial charge in [-0.15, -0.1) is 0 Å². The summed E-state index contributed by atoms with van der Waals surface area (Å²) >= 11 is 6.24. The Hall–Kier alpha value is -9.26. The molecule has 2 amide bonds. The molecule has 13 rings (SSSR count). The van der Waals surface area contributed by atoms with Crippen molar-refractivity contribution in [3.8, 4) is 22.6 Å². The first-order valence-corrected chi connectivity index (χ1v) is 33.2. The number of nitro groups is 1. The number of fused-ring (bicyclic) bond motifs is 2. The Kier molecular flexibility index (Phi) is 19.2. The first-order valence-electron chi connectivity index (χ1n) is 31.3. The molecule has 93 heavy (non-hydrogen) atoms. The number of nitrogens with one attached hydrogen (secondary N) is 4. The molecule has 482 valence electrons. The highest BCUT2D eigenvalue weighted by Gasteiger charge is 2.31. The molecule has 5 aromatic heterocycles. The van der Waals surface area contributed by atoms with Crippen LogP contribution in [0.15, 0.2) is 157 Å². The average Bonchev–Trinajstić information content (AvgIpc) is 1.53. The van der Waals surface area contributed by atoms with E-state index in [9.17, 15) is 28.1 Å². The minimum absolute atomic E-state index is 0.0359. The molecular weight excluding hydrogens is 1220 g/mol. The van der Waals surface area contributed by atoms with Gasteiger partial charge in [0.2, 0.25) is 0 Å². The summed E-state index contributed by atoms with van der Waals surface area (Å²) in [6.45, 7) is 14.2. The number of carbonyl (C=O) groups excluding carboxylic acids is 2. The number of nitrogens with zero attached hydrogens (tertiary/aromatic N) is 10. The zero-order valence-corrected chi connectivity index (χ0v) is 54.1. The Bertz CT molecular complexity index is 4360. The van der Waals surface area contributed by atoms with Crippen LogP contribution in [-0.4, -0.2) is 150 Å². The van der Waals surface area contributed by atoms with Gasteiger partial charge in [-0.1, -0.05) is 55.3 Å². The van der Waals surface area contributed by atoms with Gasteiger partial charge in [0.1, 0.15) is 34.5 Å². The number of aromatic nitrogens is 6. The number of halogens is 1. The highest BCUT2D eigenvalue weighted by atomic mass is 35.5. The molecule has 0 atom stereocenters. The number of likely N-dealkylation sites (N-methyl/N-ethyl adjacent to an activating group) is 1. The number of aromatic amines is 1. The number of allylic oxidation sites excluding steroid dienone is 1. The molecule has 0 saturated carbocycles. The van der Waals surface area contributed by atoms with Gasteiger partial charge in [-0.3, -0.25) is 29.3 Å². The Morgan fingerprint density at radius 1 is 0.785 bits per heavy atom. The number of ether oxygens (including phenoxy) is 2. The average molecular weight is 1300 g/mol. The van der Waals surface area contributed by atoms with Crippen LogP contribution in [-0.2, 0) is 21.8 Å². The number of carbonyl (C=O) groups is 2. The summed E-state index contributed by atoms with van der Waals surface area (Å²) in [6.07, 6.45) is 15.4. The third-order valence-corrected chi connectivity index (χ3v) is 19.4. The minimum Gasteiger partial charge on any atom is -0.455 e. The van der Waals surface area contributed by atoms with E-state index in [0.717, 1.165) is 141 Å². The monoisotopic (exact) mass is 1290 g/mol. The van der Waals surface area contributed by atoms with Gasteiger partial charge in [-0.25, -0.2) is 28.1 Å². The third kappa shape index (κ3) is 15.6. The quantitative estimate of drug-likeness (QED) is 0.0488. The molecule has 0 radical (unpaired) electrons. The normalized spacial score (nSPS) is 16.6. The van der Waals surface area contributed by atoms with Crippen molar-refractivity contribution in [3.63, 3.8) is 0 Å². The SMILES string of the molecule is CC1(C)CCC(CN2CCN(c3ccc(C(=O)NS(=O)(=O)c4ccc(NCC5CCOCC5)c([N+](=O)[O-])c4)c(Oc4cnc5[nH]ccc5c4)c3)CC2)=C(c2ccc(Cl)cc2)C1.CN1CCN(c2cc(C(=O)Nc3cc4cc(-c5cnn(C)c5)ccc4cn3)ccn2)CC1. The van der Waals surface area contributed by atoms with Crippen molar-refractivity contribution in [2.24, 2.45) is 18.4 Å². The van der Waals surface area contributed by atoms with E-state index in [2.05, 4.69) is 105 Å². The fourth-order valence-electron chi connectivity index (χ4n) is 12.3. The number of sulfonamides is 1. The second kappa shape index (κ2) is 27.9. The number of H-pyrrole nitrogens is 1. The van der Waals surface area contributed by atoms with Crippen molar-refractivity contribution in [3.05, 3.63) is 184 Å². The van der Waals surface area contributed by atoms with Crippen LogP contribution in [0.3, 0.4) is 0 Å². The fourth-order valence-corrected chi connectivity index (χ4v) is 13.4. The van der Waals surface area contributed by atoms with E-state index in [1.165, 1.54) is 35.0 Å². The molecule has 0 bridgehead atoms. The Morgan fingerprint density at radius 2 is 1.56 bits per heavy atom. The summed E-state index contributed by atoms with van der Waals surface area (Å²) in [5.74, 6) is 0.958. The number of nitro benzene ring substituents is 1. The third-order valence-electron chi connectivity index (χ3n) is 17.8. The number of anilines is 4. The summed E-state index contributed by atoms with van der Waals surface area (Å²) in [4.78, 5) is 63.4. The number of pyridine rings is 3. The lowest BCUT2D eigenvalue weighted by Gasteiger charge is -2.39. The molecule has 4 aliphatic rings. The van der Waals surface area contributed by atoms with Crippen molar-refractivity contribution in [1.82, 2.24) is 44.2 Å². The van der Waals surface area contributed by atoms with Gasteiger partial charge in [0.05, 0.1) is 27.8 Å². The van der Waals surface area contributed by atoms with E-state index in [0.29, 0.717) is 42.5 Å². The standard InChI is InChI=1S/C45H50ClN7O7S.C24H25N7O/c1-45(2)15-11-33(39(26-45)31-3-5-34(46)6-4-31)29-51-17-19-52(20-18-51)35-7-9-38(42(24-35)60-36-23-32-12-16-47-43(32)49-28-36)44(54)50-61(57,58)37-8-10-40(41(25-37)53(55)56)48-27-30-13-21-59-22-14-30;1-29-7-9-31(10-8-29)23-13-18(5-6-25-23)24(32)28-22-12-20-11-17(3-4-19(20)14-26-22)21-15-27-30(2)16-21/h3-10,12,16,23-25,28,30,48H,11,13-15,17-22,26-27,29H2,1-2H3,(H,47,49)(H,50,54);3-6,11-16H,7-10H2,1-2H3,(H,26,28,32). The molecule has 3 aliphatic heterocycles. The molecule has 24 heteroatoms. The maximum Gasteiger partial charge on any atom is 0.293 e. The lowest BCUT2D eigenvalue weighted by molar-refractivity contribution is -0.384. The van der Waals surface area contributed by atoms with E-state index < -0.39 is 31.4 Å². The predicted octanol–water partition coefficient (Wildman–Crippen LogP) is 11.7. The van der Waals surface area contributed by atoms with E-state index in [-0.39, 0.29) is 34.2 Å². The highest BCUT2D eigenvalue weighted by molar-refractivity contribution is 7.90. The van der Waals surface area contributed by atoms with E-state index in [1.54, 1.807) is 53.6 Å². The lowest BCUT2D eigenvalue weighted by Crippen LogP contribution is -2.47. The number of benzene rings is 4. The zero-order chi connectivity index (χ0) is 64.8. The minimum atomic E-state index is -4.55. The Balaban J connectivity index is 0.000000217. The number of hydrogen-bond donors (Lipinski definition) is 4. The predicted molar refractivity (Wildman–Crippen MR) is 363 cm³/mol. The van der Waals surface area contributed by atoms with Gasteiger partial charge in [-0.05, 0) is 145 Å². The summed E-state index contributed by atoms with van der Waals surface area (Å²) in [5.41, 5.74) is 8.24. The highest BCUT2D eigenvalue weighted by Crippen LogP contribution is 2.44. The van der Waals surface area contributed by atoms with E-state index >= 15 is 0 Å². The molecule has 1 aliphatic carbocycles. The van der Waals surface area contributed by atoms with Gasteiger partial charge in [0, 0.05) is 155 Å². The molecule has 0 unspecified atom stereocenters. The van der Waals surface area contributed by atoms with Gasteiger partial charge < -0.3 is 39.8 Å². The van der Waals surface area contributed by atoms with Gasteiger partial charge in [0.15, 0.2) is 0 Å². The molecule has 9 aromatic rings. The molecule has 22 nitrogen and oxygen atoms in total. The molecular formula is C69H75ClN14O8S. The largest absolute Gasteiger partial charge is 0.455 e. The smallest absolute Gasteiger partial charge is 0.293 e. The van der Waals surface area contributed by atoms with Crippen molar-refractivity contribution < 1.29 is 32.4 Å². The lowest BCUT2D eigenvalue weighted by atomic mass is 9.72. The number of rotatable bonds is 17. The van der Waals surface area contributed by atoms with Gasteiger partial charge >= 0.3 is 0 Å². The Morgan fingerprint density at radius 3 is 2.32 bits per heavy atom. The molecule has 0 spiro atoms. The number of piperazine rings is 2. The summed E-state index contributed by atoms with van der Waals surface area (Å²) in [6, 6.07) is 32.1. The summed E-state index contributed by atoms with van der Waals surface area (Å²) < 4.78 is 42.9. The van der Waals surface area contributed by atoms with Gasteiger partial charge in [-0.2, -0.15) is 5.10 Å². The molecule has 3 fully saturated rings. The first-order chi connectivity index (χ1) is 44.8. The van der Waals surface area contributed by atoms with Crippen LogP contribution in [0.1, 0.15) is 72.2 Å². The second-order valence-corrected chi connectivity index (χ2v) is 27.2. The van der Waals surface area contributed by atoms with Crippen LogP contribution in [0.2, 0.25) is 5.02 Å². The first kappa shape index (κ1) is 63.9. The van der Waals surface area contributed by atoms with Crippen LogP contribution in [0.5, 0.6) is 11.5 Å².